The van der Waals surface area contributed by atoms with Crippen LogP contribution in [-0.2, 0) is 9.59 Å². The Kier molecular flexibility index (Phi) is 7.11. The normalized spacial score (nSPS) is 10.0. The molecule has 0 unspecified atom stereocenters. The highest BCUT2D eigenvalue weighted by atomic mass is 16.4. The predicted octanol–water partition coefficient (Wildman–Crippen LogP) is 1.73. The quantitative estimate of drug-likeness (QED) is 0.543. The molecule has 0 aliphatic heterocycles. The van der Waals surface area contributed by atoms with Crippen LogP contribution in [0.3, 0.4) is 0 Å². The van der Waals surface area contributed by atoms with Crippen molar-refractivity contribution in [2.45, 2.75) is 12.8 Å². The van der Waals surface area contributed by atoms with Gasteiger partial charge in [0.15, 0.2) is 0 Å². The third-order valence-electron chi connectivity index (χ3n) is 3.36. The van der Waals surface area contributed by atoms with E-state index >= 15 is 0 Å². The Morgan fingerprint density at radius 3 is 2.58 bits per heavy atom. The van der Waals surface area contributed by atoms with Crippen molar-refractivity contribution in [3.63, 3.8) is 0 Å². The largest absolute Gasteiger partial charge is 0.481 e. The molecule has 0 radical (unpaired) electrons. The summed E-state index contributed by atoms with van der Waals surface area (Å²) in [6, 6.07) is 11.9. The lowest BCUT2D eigenvalue weighted by molar-refractivity contribution is -0.136. The fourth-order valence-electron chi connectivity index (χ4n) is 2.12. The molecule has 2 rings (SSSR count). The van der Waals surface area contributed by atoms with Crippen LogP contribution in [0.15, 0.2) is 48.7 Å². The molecule has 0 aliphatic rings. The highest BCUT2D eigenvalue weighted by Gasteiger charge is 2.08. The Bertz CT molecular complexity index is 765. The van der Waals surface area contributed by atoms with Crippen molar-refractivity contribution in [3.05, 3.63) is 54.2 Å². The van der Waals surface area contributed by atoms with E-state index in [4.69, 9.17) is 5.11 Å². The number of hydrogen-bond acceptors (Lipinski definition) is 5. The van der Waals surface area contributed by atoms with Crippen molar-refractivity contribution < 1.29 is 19.5 Å². The van der Waals surface area contributed by atoms with Gasteiger partial charge >= 0.3 is 5.97 Å². The van der Waals surface area contributed by atoms with Crippen molar-refractivity contribution >= 4 is 29.3 Å². The average Bonchev–Trinajstić information content (AvgIpc) is 2.62. The Balaban J connectivity index is 1.80. The van der Waals surface area contributed by atoms with Gasteiger partial charge in [-0.25, -0.2) is 4.98 Å². The second-order valence-electron chi connectivity index (χ2n) is 5.42. The van der Waals surface area contributed by atoms with E-state index in [0.717, 1.165) is 0 Å². The highest BCUT2D eigenvalue weighted by molar-refractivity contribution is 5.97. The smallest absolute Gasteiger partial charge is 0.305 e. The van der Waals surface area contributed by atoms with Gasteiger partial charge in [-0.05, 0) is 30.3 Å². The predicted molar refractivity (Wildman–Crippen MR) is 97.0 cm³/mol. The molecule has 1 aromatic heterocycles. The Morgan fingerprint density at radius 1 is 1.00 bits per heavy atom. The number of carboxylic acids is 1. The van der Waals surface area contributed by atoms with Crippen LogP contribution in [0.5, 0.6) is 0 Å². The zero-order chi connectivity index (χ0) is 18.8. The fraction of sp³-hybridized carbons (Fsp3) is 0.222. The SMILES string of the molecule is O=C(O)CCNC(=O)c1cccc(NC(=O)CCNc2ccccn2)c1. The van der Waals surface area contributed by atoms with Crippen molar-refractivity contribution in [1.29, 1.82) is 0 Å². The van der Waals surface area contributed by atoms with Gasteiger partial charge in [-0.1, -0.05) is 12.1 Å². The molecule has 2 amide bonds. The van der Waals surface area contributed by atoms with Crippen LogP contribution in [0.4, 0.5) is 11.5 Å². The molecule has 8 nitrogen and oxygen atoms in total. The van der Waals surface area contributed by atoms with Crippen LogP contribution in [0, 0.1) is 0 Å². The Hall–Kier alpha value is -3.42. The number of aromatic nitrogens is 1. The zero-order valence-corrected chi connectivity index (χ0v) is 14.1. The first-order valence-corrected chi connectivity index (χ1v) is 8.09. The standard InChI is InChI=1S/C18H20N4O4/c23-16(7-10-20-15-6-1-2-9-19-15)22-14-5-3-4-13(12-14)18(26)21-11-8-17(24)25/h1-6,9,12H,7-8,10-11H2,(H,19,20)(H,21,26)(H,22,23)(H,24,25). The maximum Gasteiger partial charge on any atom is 0.305 e. The first-order chi connectivity index (χ1) is 12.5. The number of benzene rings is 1. The van der Waals surface area contributed by atoms with E-state index < -0.39 is 5.97 Å². The lowest BCUT2D eigenvalue weighted by Crippen LogP contribution is -2.26. The molecule has 0 spiro atoms. The van der Waals surface area contributed by atoms with Gasteiger partial charge in [-0.3, -0.25) is 14.4 Å². The molecule has 8 heteroatoms. The maximum absolute atomic E-state index is 12.0. The van der Waals surface area contributed by atoms with Crippen LogP contribution in [-0.4, -0.2) is 41.0 Å². The molecule has 0 saturated carbocycles. The molecule has 26 heavy (non-hydrogen) atoms. The zero-order valence-electron chi connectivity index (χ0n) is 14.1. The molecule has 1 heterocycles. The highest BCUT2D eigenvalue weighted by Crippen LogP contribution is 2.11. The maximum atomic E-state index is 12.0. The molecule has 0 saturated heterocycles. The summed E-state index contributed by atoms with van der Waals surface area (Å²) in [5, 5.41) is 16.9. The topological polar surface area (TPSA) is 120 Å². The molecule has 2 aromatic rings. The first kappa shape index (κ1) is 18.9. The molecule has 4 N–H and O–H groups in total. The lowest BCUT2D eigenvalue weighted by Gasteiger charge is -2.09. The van der Waals surface area contributed by atoms with Crippen molar-refractivity contribution in [3.8, 4) is 0 Å². The minimum Gasteiger partial charge on any atom is -0.481 e. The van der Waals surface area contributed by atoms with Crippen molar-refractivity contribution in [2.24, 2.45) is 0 Å². The number of aliphatic carboxylic acids is 1. The second kappa shape index (κ2) is 9.77. The fourth-order valence-corrected chi connectivity index (χ4v) is 2.12. The Labute approximate surface area is 150 Å². The first-order valence-electron chi connectivity index (χ1n) is 8.09. The summed E-state index contributed by atoms with van der Waals surface area (Å²) in [7, 11) is 0. The van der Waals surface area contributed by atoms with Gasteiger partial charge in [-0.15, -0.1) is 0 Å². The van der Waals surface area contributed by atoms with Crippen LogP contribution in [0.25, 0.3) is 0 Å². The van der Waals surface area contributed by atoms with Crippen molar-refractivity contribution in [1.82, 2.24) is 10.3 Å². The summed E-state index contributed by atoms with van der Waals surface area (Å²) < 4.78 is 0. The number of anilines is 2. The van der Waals surface area contributed by atoms with Gasteiger partial charge in [-0.2, -0.15) is 0 Å². The second-order valence-corrected chi connectivity index (χ2v) is 5.42. The van der Waals surface area contributed by atoms with Gasteiger partial charge in [0.25, 0.3) is 5.91 Å². The van der Waals surface area contributed by atoms with Gasteiger partial charge in [0.1, 0.15) is 5.82 Å². The van der Waals surface area contributed by atoms with Gasteiger partial charge in [0, 0.05) is 37.0 Å². The Morgan fingerprint density at radius 2 is 1.85 bits per heavy atom. The van der Waals surface area contributed by atoms with E-state index in [1.54, 1.807) is 30.5 Å². The lowest BCUT2D eigenvalue weighted by atomic mass is 10.2. The van der Waals surface area contributed by atoms with Crippen molar-refractivity contribution in [2.75, 3.05) is 23.7 Å². The molecule has 1 aromatic carbocycles. The summed E-state index contributed by atoms with van der Waals surface area (Å²) in [5.74, 6) is -0.873. The number of nitrogens with one attached hydrogen (secondary N) is 3. The summed E-state index contributed by atoms with van der Waals surface area (Å²) >= 11 is 0. The number of rotatable bonds is 9. The monoisotopic (exact) mass is 356 g/mol. The third-order valence-corrected chi connectivity index (χ3v) is 3.36. The summed E-state index contributed by atoms with van der Waals surface area (Å²) in [6.45, 7) is 0.474. The van der Waals surface area contributed by atoms with Crippen LogP contribution in [0.2, 0.25) is 0 Å². The van der Waals surface area contributed by atoms with Crippen LogP contribution >= 0.6 is 0 Å². The third kappa shape index (κ3) is 6.60. The average molecular weight is 356 g/mol. The molecular formula is C18H20N4O4. The number of pyridine rings is 1. The van der Waals surface area contributed by atoms with E-state index in [1.807, 2.05) is 18.2 Å². The number of carbonyl (C=O) groups excluding carboxylic acids is 2. The molecule has 0 bridgehead atoms. The van der Waals surface area contributed by atoms with E-state index in [9.17, 15) is 14.4 Å². The minimum absolute atomic E-state index is 0.0456. The summed E-state index contributed by atoms with van der Waals surface area (Å²) in [5.41, 5.74) is 0.846. The molecule has 0 aliphatic carbocycles. The molecule has 0 atom stereocenters. The number of nitrogens with zero attached hydrogens (tertiary/aromatic N) is 1. The van der Waals surface area contributed by atoms with Crippen LogP contribution in [0.1, 0.15) is 23.2 Å². The number of amides is 2. The van der Waals surface area contributed by atoms with E-state index in [2.05, 4.69) is 20.9 Å². The number of carboxylic acid groups (broad SMARTS) is 1. The van der Waals surface area contributed by atoms with Crippen LogP contribution < -0.4 is 16.0 Å². The summed E-state index contributed by atoms with van der Waals surface area (Å²) in [4.78, 5) is 38.5. The summed E-state index contributed by atoms with van der Waals surface area (Å²) in [6.07, 6.45) is 1.76. The van der Waals surface area contributed by atoms with E-state index in [1.165, 1.54) is 0 Å². The van der Waals surface area contributed by atoms with Gasteiger partial charge < -0.3 is 21.1 Å². The van der Waals surface area contributed by atoms with Gasteiger partial charge in [0.05, 0.1) is 6.42 Å². The minimum atomic E-state index is -0.981. The number of carbonyl (C=O) groups is 3. The van der Waals surface area contributed by atoms with Gasteiger partial charge in [0.2, 0.25) is 5.91 Å². The molecule has 0 fully saturated rings. The number of hydrogen-bond donors (Lipinski definition) is 4. The molecule has 136 valence electrons. The van der Waals surface area contributed by atoms with E-state index in [0.29, 0.717) is 23.6 Å². The molecular weight excluding hydrogens is 336 g/mol. The van der Waals surface area contributed by atoms with E-state index in [-0.39, 0.29) is 31.2 Å².